The monoisotopic (exact) mass is 266 g/mol. The third kappa shape index (κ3) is 3.27. The summed E-state index contributed by atoms with van der Waals surface area (Å²) in [7, 11) is 0. The molecule has 1 amide bonds. The molecule has 94 valence electrons. The number of nitrogens with one attached hydrogen (secondary N) is 1. The van der Waals surface area contributed by atoms with Crippen molar-refractivity contribution in [2.45, 2.75) is 6.92 Å². The molecule has 0 aliphatic carbocycles. The van der Waals surface area contributed by atoms with Crippen LogP contribution in [-0.4, -0.2) is 17.5 Å². The van der Waals surface area contributed by atoms with Crippen LogP contribution in [0.2, 0.25) is 0 Å². The highest BCUT2D eigenvalue weighted by molar-refractivity contribution is 7.13. The molecule has 1 heterocycles. The maximum Gasteiger partial charge on any atom is 0.264 e. The molecule has 4 nitrogen and oxygen atoms in total. The van der Waals surface area contributed by atoms with Crippen LogP contribution in [0, 0.1) is 12.7 Å². The van der Waals surface area contributed by atoms with Crippen molar-refractivity contribution in [3.63, 3.8) is 0 Å². The van der Waals surface area contributed by atoms with E-state index >= 15 is 0 Å². The van der Waals surface area contributed by atoms with Crippen molar-refractivity contribution >= 4 is 22.4 Å². The minimum atomic E-state index is -0.490. The van der Waals surface area contributed by atoms with Gasteiger partial charge in [-0.05, 0) is 19.1 Å². The number of thiazole rings is 1. The highest BCUT2D eigenvalue weighted by Crippen LogP contribution is 2.16. The molecule has 0 bridgehead atoms. The second-order valence-corrected chi connectivity index (χ2v) is 4.42. The van der Waals surface area contributed by atoms with Gasteiger partial charge in [0.1, 0.15) is 0 Å². The van der Waals surface area contributed by atoms with Gasteiger partial charge in [0.15, 0.2) is 23.3 Å². The van der Waals surface area contributed by atoms with Crippen LogP contribution in [0.25, 0.3) is 0 Å². The molecule has 2 aromatic rings. The van der Waals surface area contributed by atoms with Crippen LogP contribution in [0.5, 0.6) is 5.75 Å². The van der Waals surface area contributed by atoms with Crippen LogP contribution in [-0.2, 0) is 4.79 Å². The fourth-order valence-electron chi connectivity index (χ4n) is 1.27. The second kappa shape index (κ2) is 5.59. The van der Waals surface area contributed by atoms with Crippen molar-refractivity contribution in [2.75, 3.05) is 11.9 Å². The molecule has 0 aliphatic heterocycles. The molecule has 0 fully saturated rings. The van der Waals surface area contributed by atoms with E-state index in [2.05, 4.69) is 10.3 Å². The van der Waals surface area contributed by atoms with E-state index < -0.39 is 5.82 Å². The van der Waals surface area contributed by atoms with Crippen molar-refractivity contribution in [2.24, 2.45) is 0 Å². The lowest BCUT2D eigenvalue weighted by Gasteiger charge is -2.06. The first-order valence-electron chi connectivity index (χ1n) is 5.24. The fraction of sp³-hybridized carbons (Fsp3) is 0.167. The van der Waals surface area contributed by atoms with Crippen molar-refractivity contribution in [1.29, 1.82) is 0 Å². The summed E-state index contributed by atoms with van der Waals surface area (Å²) in [5.74, 6) is -0.800. The first-order chi connectivity index (χ1) is 8.65. The Morgan fingerprint density at radius 1 is 1.50 bits per heavy atom. The number of ether oxygens (including phenoxy) is 1. The zero-order valence-corrected chi connectivity index (χ0v) is 10.5. The average molecular weight is 266 g/mol. The van der Waals surface area contributed by atoms with Crippen molar-refractivity contribution in [3.8, 4) is 5.75 Å². The number of aryl methyl sites for hydroxylation is 1. The number of benzene rings is 1. The summed E-state index contributed by atoms with van der Waals surface area (Å²) in [4.78, 5) is 15.6. The molecule has 0 atom stereocenters. The minimum absolute atomic E-state index is 0.0583. The molecule has 1 aromatic heterocycles. The number of anilines is 1. The van der Waals surface area contributed by atoms with Gasteiger partial charge in [-0.2, -0.15) is 0 Å². The third-order valence-corrected chi connectivity index (χ3v) is 2.94. The van der Waals surface area contributed by atoms with E-state index in [0.29, 0.717) is 5.13 Å². The Balaban J connectivity index is 1.87. The lowest BCUT2D eigenvalue weighted by Crippen LogP contribution is -2.20. The van der Waals surface area contributed by atoms with E-state index in [1.165, 1.54) is 23.5 Å². The molecule has 0 aliphatic rings. The predicted octanol–water partition coefficient (Wildman–Crippen LogP) is 2.61. The van der Waals surface area contributed by atoms with Gasteiger partial charge in [-0.25, -0.2) is 9.37 Å². The van der Waals surface area contributed by atoms with Crippen molar-refractivity contribution in [3.05, 3.63) is 41.2 Å². The number of rotatable bonds is 4. The Kier molecular flexibility index (Phi) is 3.88. The molecule has 0 spiro atoms. The van der Waals surface area contributed by atoms with Gasteiger partial charge in [-0.15, -0.1) is 11.3 Å². The minimum Gasteiger partial charge on any atom is -0.481 e. The summed E-state index contributed by atoms with van der Waals surface area (Å²) >= 11 is 1.33. The predicted molar refractivity (Wildman–Crippen MR) is 67.4 cm³/mol. The van der Waals surface area contributed by atoms with E-state index in [0.717, 1.165) is 5.69 Å². The lowest BCUT2D eigenvalue weighted by atomic mass is 10.3. The van der Waals surface area contributed by atoms with Gasteiger partial charge in [-0.1, -0.05) is 12.1 Å². The molecule has 1 N–H and O–H groups in total. The Morgan fingerprint density at radius 3 is 2.94 bits per heavy atom. The van der Waals surface area contributed by atoms with Gasteiger partial charge in [-0.3, -0.25) is 10.1 Å². The van der Waals surface area contributed by atoms with Crippen LogP contribution in [0.4, 0.5) is 9.52 Å². The van der Waals surface area contributed by atoms with Crippen LogP contribution in [0.15, 0.2) is 29.6 Å². The number of carbonyl (C=O) groups is 1. The summed E-state index contributed by atoms with van der Waals surface area (Å²) in [6.07, 6.45) is 0. The number of halogens is 1. The fourth-order valence-corrected chi connectivity index (χ4v) is 1.98. The molecular weight excluding hydrogens is 255 g/mol. The topological polar surface area (TPSA) is 51.2 Å². The standard InChI is InChI=1S/C12H11FN2O2S/c1-8-7-18-12(14-8)15-11(16)6-17-10-5-3-2-4-9(10)13/h2-5,7H,6H2,1H3,(H,14,15,16). The second-order valence-electron chi connectivity index (χ2n) is 3.56. The van der Waals surface area contributed by atoms with Gasteiger partial charge in [0.05, 0.1) is 5.69 Å². The first kappa shape index (κ1) is 12.5. The molecule has 0 unspecified atom stereocenters. The van der Waals surface area contributed by atoms with E-state index in [1.54, 1.807) is 12.1 Å². The number of hydrogen-bond donors (Lipinski definition) is 1. The summed E-state index contributed by atoms with van der Waals surface area (Å²) in [6.45, 7) is 1.58. The molecule has 0 saturated carbocycles. The number of nitrogens with zero attached hydrogens (tertiary/aromatic N) is 1. The summed E-state index contributed by atoms with van der Waals surface area (Å²) in [5, 5.41) is 4.91. The molecule has 1 aromatic carbocycles. The van der Waals surface area contributed by atoms with Gasteiger partial charge >= 0.3 is 0 Å². The molecular formula is C12H11FN2O2S. The van der Waals surface area contributed by atoms with Crippen molar-refractivity contribution < 1.29 is 13.9 Å². The van der Waals surface area contributed by atoms with Crippen LogP contribution >= 0.6 is 11.3 Å². The highest BCUT2D eigenvalue weighted by Gasteiger charge is 2.08. The number of amides is 1. The zero-order valence-electron chi connectivity index (χ0n) is 9.64. The molecule has 6 heteroatoms. The molecule has 2 rings (SSSR count). The van der Waals surface area contributed by atoms with Crippen LogP contribution in [0.3, 0.4) is 0 Å². The zero-order chi connectivity index (χ0) is 13.0. The summed E-state index contributed by atoms with van der Waals surface area (Å²) in [6, 6.07) is 5.94. The molecule has 0 radical (unpaired) electrons. The third-order valence-electron chi connectivity index (χ3n) is 2.06. The summed E-state index contributed by atoms with van der Waals surface area (Å²) in [5.41, 5.74) is 0.838. The Hall–Kier alpha value is -1.95. The van der Waals surface area contributed by atoms with Gasteiger partial charge < -0.3 is 4.74 Å². The maximum atomic E-state index is 13.2. The summed E-state index contributed by atoms with van der Waals surface area (Å²) < 4.78 is 18.3. The normalized spacial score (nSPS) is 10.1. The van der Waals surface area contributed by atoms with Gasteiger partial charge in [0, 0.05) is 5.38 Å². The first-order valence-corrected chi connectivity index (χ1v) is 6.12. The number of aromatic nitrogens is 1. The van der Waals surface area contributed by atoms with E-state index in [9.17, 15) is 9.18 Å². The average Bonchev–Trinajstić information content (AvgIpc) is 2.74. The Morgan fingerprint density at radius 2 is 2.28 bits per heavy atom. The Bertz CT molecular complexity index is 557. The number of carbonyl (C=O) groups excluding carboxylic acids is 1. The lowest BCUT2D eigenvalue weighted by molar-refractivity contribution is -0.118. The SMILES string of the molecule is Cc1csc(NC(=O)COc2ccccc2F)n1. The largest absolute Gasteiger partial charge is 0.481 e. The number of hydrogen-bond acceptors (Lipinski definition) is 4. The molecule has 0 saturated heterocycles. The molecule has 18 heavy (non-hydrogen) atoms. The quantitative estimate of drug-likeness (QED) is 0.925. The Labute approximate surface area is 107 Å². The van der Waals surface area contributed by atoms with E-state index in [4.69, 9.17) is 4.74 Å². The van der Waals surface area contributed by atoms with E-state index in [1.807, 2.05) is 12.3 Å². The number of para-hydroxylation sites is 1. The smallest absolute Gasteiger partial charge is 0.264 e. The van der Waals surface area contributed by atoms with Crippen molar-refractivity contribution in [1.82, 2.24) is 4.98 Å². The maximum absolute atomic E-state index is 13.2. The van der Waals surface area contributed by atoms with Crippen LogP contribution < -0.4 is 10.1 Å². The van der Waals surface area contributed by atoms with Crippen LogP contribution in [0.1, 0.15) is 5.69 Å². The van der Waals surface area contributed by atoms with Gasteiger partial charge in [0.25, 0.3) is 5.91 Å². The van der Waals surface area contributed by atoms with Gasteiger partial charge in [0.2, 0.25) is 0 Å². The highest BCUT2D eigenvalue weighted by atomic mass is 32.1. The van der Waals surface area contributed by atoms with E-state index in [-0.39, 0.29) is 18.3 Å².